The van der Waals surface area contributed by atoms with Crippen LogP contribution < -0.4 is 9.80 Å². The number of benzene rings is 24. The lowest BCUT2D eigenvalue weighted by atomic mass is 9.67. The number of anilines is 6. The van der Waals surface area contributed by atoms with Crippen LogP contribution in [0.5, 0.6) is 0 Å². The molecule has 6 aliphatic rings. The zero-order valence-electron chi connectivity index (χ0n) is 75.4. The predicted octanol–water partition coefficient (Wildman–Crippen LogP) is 34.6. The molecule has 24 aromatic rings. The van der Waals surface area contributed by atoms with E-state index in [1.54, 1.807) is 0 Å². The largest absolute Gasteiger partial charge is 0.310 e. The summed E-state index contributed by atoms with van der Waals surface area (Å²) in [4.78, 5) is 5.19. The van der Waals surface area contributed by atoms with Gasteiger partial charge >= 0.3 is 0 Å². The minimum atomic E-state index is -0.804. The third-order valence-electron chi connectivity index (χ3n) is 32.4. The first-order chi connectivity index (χ1) is 68.5. The molecule has 0 bridgehead atoms. The Hall–Kier alpha value is -17.6. The van der Waals surface area contributed by atoms with Gasteiger partial charge in [0.15, 0.2) is 0 Å². The highest BCUT2D eigenvalue weighted by atomic mass is 15.2. The molecule has 2 heteroatoms. The van der Waals surface area contributed by atoms with E-state index in [9.17, 15) is 0 Å². The maximum absolute atomic E-state index is 2.61. The SMILES string of the molecule is c1ccc(C2(c3ccc(N(c4ccc5c6ccccc6c6ccccc6c5c4)c4cccc5c4-c4ccccc4C54c5ccccc5-c5cc(-c6cccc7c6-c6ccccc6C7(c6ccccc6)c6cccc(N(c7ccc8c9ccccc9c9ccccc9c8c7)c7cccc8c7-c7ccccc7C87c8ccccc8-c8ccccc87)c6)ccc54)cc3)c3ccccc3-c3ccccc32)cc1. The number of nitrogens with zero attached hydrogens (tertiary/aromatic N) is 2. The predicted molar refractivity (Wildman–Crippen MR) is 573 cm³/mol. The Morgan fingerprint density at radius 1 is 0.123 bits per heavy atom. The van der Waals surface area contributed by atoms with Crippen molar-refractivity contribution in [1.29, 1.82) is 0 Å². The maximum Gasteiger partial charge on any atom is 0.0726 e. The molecule has 6 aliphatic carbocycles. The van der Waals surface area contributed by atoms with Crippen LogP contribution in [0.15, 0.2) is 510 Å². The van der Waals surface area contributed by atoms with E-state index in [2.05, 4.69) is 519 Å². The number of rotatable bonds is 11. The Balaban J connectivity index is 0.605. The van der Waals surface area contributed by atoms with Gasteiger partial charge in [-0.1, -0.05) is 443 Å². The fourth-order valence-electron chi connectivity index (χ4n) is 27.3. The van der Waals surface area contributed by atoms with E-state index in [1.807, 2.05) is 0 Å². The standard InChI is InChI=1S/C136H84N2/c1-3-35-86(36-4-1)133(116-58-23-15-49-105(116)106-50-16-24-59-117(106)133)88-72-74-90(75-73-88)137(92-76-78-103-99-45-9-7-41-95(99)97-43-11-13-47-101(97)113(103)83-92)128-69-33-68-127-131(128)112-56-22-30-65-123(112)136(127)120-62-27-19-53-109(120)115-81-85(71-80-124(115)136)94-57-32-66-125-130(94)110-54-20-28-63-121(110)134(125,87-37-5-2-6-38-87)89-39-31-40-91(82-89)138(93-77-79-104-100-46-10-8-42-96(100)98-44-12-14-48-102(98)114(104)84-93)129-70-34-67-126-132(129)111-55-21-29-64-122(111)135(126)118-60-25-17-51-107(118)108-52-18-26-61-119(108)135/h1-84H. The summed E-state index contributed by atoms with van der Waals surface area (Å²) >= 11 is 0. The molecule has 30 rings (SSSR count). The van der Waals surface area contributed by atoms with Crippen molar-refractivity contribution in [3.8, 4) is 77.9 Å². The summed E-state index contributed by atoms with van der Waals surface area (Å²) in [5.41, 5.74) is 41.5. The molecule has 0 saturated carbocycles. The molecule has 0 radical (unpaired) electrons. The van der Waals surface area contributed by atoms with E-state index in [-0.39, 0.29) is 0 Å². The van der Waals surface area contributed by atoms with Crippen LogP contribution in [0.3, 0.4) is 0 Å². The first-order valence-corrected chi connectivity index (χ1v) is 48.4. The molecule has 2 unspecified atom stereocenters. The summed E-state index contributed by atoms with van der Waals surface area (Å²) in [6, 6.07) is 195. The average Bonchev–Trinajstić information content (AvgIpc) is 1.49. The monoisotopic (exact) mass is 1740 g/mol. The fraction of sp³-hybridized carbons (Fsp3) is 0.0294. The van der Waals surface area contributed by atoms with Crippen LogP contribution in [-0.4, -0.2) is 0 Å². The molecule has 0 amide bonds. The van der Waals surface area contributed by atoms with Crippen LogP contribution in [-0.2, 0) is 21.7 Å². The minimum absolute atomic E-state index is 0.562. The molecule has 0 aliphatic heterocycles. The number of fused-ring (bicyclic) bond motifs is 38. The summed E-state index contributed by atoms with van der Waals surface area (Å²) in [6.45, 7) is 0. The van der Waals surface area contributed by atoms with Gasteiger partial charge in [-0.3, -0.25) is 0 Å². The van der Waals surface area contributed by atoms with Gasteiger partial charge in [-0.25, -0.2) is 0 Å². The molecule has 24 aromatic carbocycles. The van der Waals surface area contributed by atoms with Crippen molar-refractivity contribution >= 4 is 98.8 Å². The van der Waals surface area contributed by atoms with E-state index >= 15 is 0 Å². The zero-order chi connectivity index (χ0) is 90.3. The molecule has 0 N–H and O–H groups in total. The normalized spacial score (nSPS) is 15.6. The first-order valence-electron chi connectivity index (χ1n) is 48.4. The second kappa shape index (κ2) is 29.0. The van der Waals surface area contributed by atoms with E-state index in [1.165, 1.54) is 232 Å². The third kappa shape index (κ3) is 10.0. The van der Waals surface area contributed by atoms with E-state index in [4.69, 9.17) is 0 Å². The van der Waals surface area contributed by atoms with Crippen molar-refractivity contribution in [1.82, 2.24) is 0 Å². The number of hydrogen-bond acceptors (Lipinski definition) is 2. The van der Waals surface area contributed by atoms with Gasteiger partial charge in [-0.2, -0.15) is 0 Å². The molecule has 0 saturated heterocycles. The second-order valence-corrected chi connectivity index (χ2v) is 38.4. The smallest absolute Gasteiger partial charge is 0.0726 e. The van der Waals surface area contributed by atoms with Crippen LogP contribution in [0, 0.1) is 0 Å². The van der Waals surface area contributed by atoms with Crippen molar-refractivity contribution in [3.63, 3.8) is 0 Å². The molecule has 138 heavy (non-hydrogen) atoms. The van der Waals surface area contributed by atoms with Crippen LogP contribution in [0.4, 0.5) is 34.1 Å². The van der Waals surface area contributed by atoms with Gasteiger partial charge in [0.2, 0.25) is 0 Å². The highest BCUT2D eigenvalue weighted by molar-refractivity contribution is 6.28. The van der Waals surface area contributed by atoms with Gasteiger partial charge < -0.3 is 9.80 Å². The topological polar surface area (TPSA) is 6.48 Å². The van der Waals surface area contributed by atoms with Gasteiger partial charge in [0.05, 0.1) is 33.0 Å². The Morgan fingerprint density at radius 2 is 0.384 bits per heavy atom. The first kappa shape index (κ1) is 76.9. The highest BCUT2D eigenvalue weighted by Crippen LogP contribution is 2.69. The van der Waals surface area contributed by atoms with Crippen LogP contribution in [0.2, 0.25) is 0 Å². The molecular formula is C136H84N2. The summed E-state index contributed by atoms with van der Waals surface area (Å²) in [6.07, 6.45) is 0. The molecule has 2 spiro atoms. The van der Waals surface area contributed by atoms with E-state index < -0.39 is 21.7 Å². The number of hydrogen-bond donors (Lipinski definition) is 0. The Bertz CT molecular complexity index is 9220. The lowest BCUT2D eigenvalue weighted by molar-refractivity contribution is 0.768. The van der Waals surface area contributed by atoms with Crippen molar-refractivity contribution in [3.05, 3.63) is 599 Å². The Morgan fingerprint density at radius 3 is 0.812 bits per heavy atom. The van der Waals surface area contributed by atoms with E-state index in [0.29, 0.717) is 0 Å². The summed E-state index contributed by atoms with van der Waals surface area (Å²) in [5.74, 6) is 0. The Labute approximate surface area is 800 Å². The highest BCUT2D eigenvalue weighted by Gasteiger charge is 2.56. The minimum Gasteiger partial charge on any atom is -0.310 e. The molecule has 2 atom stereocenters. The van der Waals surface area contributed by atoms with Crippen LogP contribution in [0.1, 0.15) is 89.0 Å². The summed E-state index contributed by atoms with van der Waals surface area (Å²) < 4.78 is 0. The zero-order valence-corrected chi connectivity index (χ0v) is 75.4. The van der Waals surface area contributed by atoms with Crippen molar-refractivity contribution < 1.29 is 0 Å². The van der Waals surface area contributed by atoms with Crippen molar-refractivity contribution in [2.24, 2.45) is 0 Å². The van der Waals surface area contributed by atoms with Crippen LogP contribution >= 0.6 is 0 Å². The lowest BCUT2D eigenvalue weighted by Crippen LogP contribution is -2.29. The lowest BCUT2D eigenvalue weighted by Gasteiger charge is -2.36. The molecule has 0 heterocycles. The summed E-state index contributed by atoms with van der Waals surface area (Å²) in [7, 11) is 0. The van der Waals surface area contributed by atoms with Gasteiger partial charge in [-0.15, -0.1) is 0 Å². The van der Waals surface area contributed by atoms with Crippen molar-refractivity contribution in [2.75, 3.05) is 9.80 Å². The van der Waals surface area contributed by atoms with Crippen molar-refractivity contribution in [2.45, 2.75) is 21.7 Å². The molecule has 0 aromatic heterocycles. The van der Waals surface area contributed by atoms with Gasteiger partial charge in [0, 0.05) is 33.9 Å². The van der Waals surface area contributed by atoms with Crippen LogP contribution in [0.25, 0.3) is 143 Å². The second-order valence-electron chi connectivity index (χ2n) is 38.4. The summed E-state index contributed by atoms with van der Waals surface area (Å²) in [5, 5.41) is 14.9. The molecule has 638 valence electrons. The van der Waals surface area contributed by atoms with Gasteiger partial charge in [0.25, 0.3) is 0 Å². The molecular weight excluding hydrogens is 1660 g/mol. The quantitative estimate of drug-likeness (QED) is 0.119. The Kier molecular flexibility index (Phi) is 16.2. The van der Waals surface area contributed by atoms with E-state index in [0.717, 1.165) is 34.1 Å². The fourth-order valence-corrected chi connectivity index (χ4v) is 27.3. The molecule has 2 nitrogen and oxygen atoms in total. The molecule has 0 fully saturated rings. The maximum atomic E-state index is 2.61. The third-order valence-corrected chi connectivity index (χ3v) is 32.4. The van der Waals surface area contributed by atoms with Gasteiger partial charge in [0.1, 0.15) is 0 Å². The van der Waals surface area contributed by atoms with Gasteiger partial charge in [-0.05, 0) is 287 Å². The average molecular weight is 1750 g/mol.